The first kappa shape index (κ1) is 13.7. The molecule has 1 aliphatic rings. The maximum absolute atomic E-state index is 12.3. The van der Waals surface area contributed by atoms with Crippen molar-refractivity contribution in [3.8, 4) is 0 Å². The third kappa shape index (κ3) is 3.32. The van der Waals surface area contributed by atoms with E-state index in [0.29, 0.717) is 0 Å². The third-order valence-corrected chi connectivity index (χ3v) is 3.44. The molecule has 0 aliphatic heterocycles. The van der Waals surface area contributed by atoms with Crippen molar-refractivity contribution < 1.29 is 14.7 Å². The Morgan fingerprint density at radius 1 is 1.41 bits per heavy atom. The van der Waals surface area contributed by atoms with Crippen LogP contribution in [0.2, 0.25) is 0 Å². The molecule has 1 amide bonds. The average molecular weight is 239 g/mol. The van der Waals surface area contributed by atoms with E-state index < -0.39 is 5.97 Å². The van der Waals surface area contributed by atoms with E-state index in [-0.39, 0.29) is 18.5 Å². The SMILES string of the molecule is CCC(C)N(CC(=O)O)C(=O)C1=C(C)CCC1. The molecule has 4 nitrogen and oxygen atoms in total. The molecule has 0 bridgehead atoms. The molecule has 0 aromatic carbocycles. The average Bonchev–Trinajstić information content (AvgIpc) is 2.70. The minimum Gasteiger partial charge on any atom is -0.480 e. The molecule has 0 saturated heterocycles. The van der Waals surface area contributed by atoms with Crippen LogP contribution in [-0.2, 0) is 9.59 Å². The molecular formula is C13H21NO3. The molecule has 1 atom stereocenters. The number of rotatable bonds is 5. The Kier molecular flexibility index (Phi) is 4.73. The molecule has 0 aromatic rings. The summed E-state index contributed by atoms with van der Waals surface area (Å²) in [4.78, 5) is 24.6. The molecule has 1 rings (SSSR count). The lowest BCUT2D eigenvalue weighted by Gasteiger charge is -2.27. The van der Waals surface area contributed by atoms with Gasteiger partial charge >= 0.3 is 5.97 Å². The van der Waals surface area contributed by atoms with Gasteiger partial charge in [-0.2, -0.15) is 0 Å². The first-order valence-corrected chi connectivity index (χ1v) is 6.18. The summed E-state index contributed by atoms with van der Waals surface area (Å²) < 4.78 is 0. The number of carbonyl (C=O) groups excluding carboxylic acids is 1. The molecule has 0 saturated carbocycles. The zero-order valence-electron chi connectivity index (χ0n) is 10.8. The molecule has 1 aliphatic carbocycles. The quantitative estimate of drug-likeness (QED) is 0.800. The van der Waals surface area contributed by atoms with Crippen molar-refractivity contribution in [2.45, 2.75) is 52.5 Å². The Bertz CT molecular complexity index is 347. The van der Waals surface area contributed by atoms with E-state index in [1.165, 1.54) is 4.90 Å². The second kappa shape index (κ2) is 5.84. The van der Waals surface area contributed by atoms with Crippen molar-refractivity contribution in [3.05, 3.63) is 11.1 Å². The van der Waals surface area contributed by atoms with Gasteiger partial charge in [0.25, 0.3) is 0 Å². The van der Waals surface area contributed by atoms with Crippen LogP contribution in [0.1, 0.15) is 46.5 Å². The van der Waals surface area contributed by atoms with Crippen LogP contribution in [0.4, 0.5) is 0 Å². The highest BCUT2D eigenvalue weighted by Gasteiger charge is 2.27. The van der Waals surface area contributed by atoms with Gasteiger partial charge in [-0.3, -0.25) is 9.59 Å². The summed E-state index contributed by atoms with van der Waals surface area (Å²) in [5.74, 6) is -1.04. The molecule has 96 valence electrons. The minimum atomic E-state index is -0.949. The summed E-state index contributed by atoms with van der Waals surface area (Å²) in [5.41, 5.74) is 1.94. The molecule has 0 aromatic heterocycles. The van der Waals surface area contributed by atoms with Gasteiger partial charge in [0.2, 0.25) is 5.91 Å². The van der Waals surface area contributed by atoms with E-state index in [9.17, 15) is 9.59 Å². The summed E-state index contributed by atoms with van der Waals surface area (Å²) in [6.45, 7) is 5.62. The van der Waals surface area contributed by atoms with Crippen LogP contribution in [0.25, 0.3) is 0 Å². The second-order valence-corrected chi connectivity index (χ2v) is 4.70. The van der Waals surface area contributed by atoms with E-state index in [0.717, 1.165) is 36.8 Å². The second-order valence-electron chi connectivity index (χ2n) is 4.70. The number of allylic oxidation sites excluding steroid dienone is 1. The smallest absolute Gasteiger partial charge is 0.323 e. The van der Waals surface area contributed by atoms with Crippen molar-refractivity contribution in [2.24, 2.45) is 0 Å². The molecule has 0 heterocycles. The first-order valence-electron chi connectivity index (χ1n) is 6.18. The lowest BCUT2D eigenvalue weighted by Crippen LogP contribution is -2.42. The standard InChI is InChI=1S/C13H21NO3/c1-4-10(3)14(8-12(15)16)13(17)11-7-5-6-9(11)2/h10H,4-8H2,1-3H3,(H,15,16). The van der Waals surface area contributed by atoms with Gasteiger partial charge in [0.1, 0.15) is 6.54 Å². The van der Waals surface area contributed by atoms with Crippen LogP contribution in [0.3, 0.4) is 0 Å². The zero-order valence-corrected chi connectivity index (χ0v) is 10.8. The summed E-state index contributed by atoms with van der Waals surface area (Å²) >= 11 is 0. The van der Waals surface area contributed by atoms with Crippen LogP contribution >= 0.6 is 0 Å². The molecule has 4 heteroatoms. The number of amides is 1. The summed E-state index contributed by atoms with van der Waals surface area (Å²) in [6, 6.07) is -0.0282. The van der Waals surface area contributed by atoms with E-state index in [1.807, 2.05) is 20.8 Å². The summed E-state index contributed by atoms with van der Waals surface area (Å²) in [7, 11) is 0. The van der Waals surface area contributed by atoms with Crippen molar-refractivity contribution in [2.75, 3.05) is 6.54 Å². The van der Waals surface area contributed by atoms with Crippen LogP contribution < -0.4 is 0 Å². The number of carboxylic acid groups (broad SMARTS) is 1. The molecule has 17 heavy (non-hydrogen) atoms. The van der Waals surface area contributed by atoms with Gasteiger partial charge in [-0.05, 0) is 39.5 Å². The summed E-state index contributed by atoms with van der Waals surface area (Å²) in [5, 5.41) is 8.88. The third-order valence-electron chi connectivity index (χ3n) is 3.44. The number of nitrogens with zero attached hydrogens (tertiary/aromatic N) is 1. The van der Waals surface area contributed by atoms with E-state index in [2.05, 4.69) is 0 Å². The molecule has 0 fully saturated rings. The van der Waals surface area contributed by atoms with Gasteiger partial charge in [0, 0.05) is 11.6 Å². The number of hydrogen-bond acceptors (Lipinski definition) is 2. The molecule has 1 N–H and O–H groups in total. The van der Waals surface area contributed by atoms with Crippen molar-refractivity contribution >= 4 is 11.9 Å². The van der Waals surface area contributed by atoms with Crippen LogP contribution in [0, 0.1) is 0 Å². The van der Waals surface area contributed by atoms with Gasteiger partial charge in [-0.25, -0.2) is 0 Å². The maximum Gasteiger partial charge on any atom is 0.323 e. The fourth-order valence-corrected chi connectivity index (χ4v) is 2.15. The van der Waals surface area contributed by atoms with Gasteiger partial charge in [0.15, 0.2) is 0 Å². The van der Waals surface area contributed by atoms with Crippen molar-refractivity contribution in [3.63, 3.8) is 0 Å². The first-order chi connectivity index (χ1) is 7.97. The van der Waals surface area contributed by atoms with Crippen LogP contribution in [0.5, 0.6) is 0 Å². The fourth-order valence-electron chi connectivity index (χ4n) is 2.15. The lowest BCUT2D eigenvalue weighted by atomic mass is 10.1. The monoisotopic (exact) mass is 239 g/mol. The largest absolute Gasteiger partial charge is 0.480 e. The Hall–Kier alpha value is -1.32. The number of carboxylic acids is 1. The Balaban J connectivity index is 2.86. The predicted octanol–water partition coefficient (Wildman–Crippen LogP) is 2.20. The molecule has 0 radical (unpaired) electrons. The molecular weight excluding hydrogens is 218 g/mol. The van der Waals surface area contributed by atoms with Crippen molar-refractivity contribution in [1.29, 1.82) is 0 Å². The Labute approximate surface area is 102 Å². The maximum atomic E-state index is 12.3. The van der Waals surface area contributed by atoms with Crippen molar-refractivity contribution in [1.82, 2.24) is 4.90 Å². The van der Waals surface area contributed by atoms with E-state index in [4.69, 9.17) is 5.11 Å². The van der Waals surface area contributed by atoms with Gasteiger partial charge in [-0.1, -0.05) is 12.5 Å². The molecule has 0 spiro atoms. The lowest BCUT2D eigenvalue weighted by molar-refractivity contribution is -0.144. The normalized spacial score (nSPS) is 17.1. The topological polar surface area (TPSA) is 57.6 Å². The fraction of sp³-hybridized carbons (Fsp3) is 0.692. The zero-order chi connectivity index (χ0) is 13.0. The number of carbonyl (C=O) groups is 2. The highest BCUT2D eigenvalue weighted by molar-refractivity contribution is 5.96. The summed E-state index contributed by atoms with van der Waals surface area (Å²) in [6.07, 6.45) is 3.53. The Morgan fingerprint density at radius 3 is 2.47 bits per heavy atom. The van der Waals surface area contributed by atoms with Gasteiger partial charge in [-0.15, -0.1) is 0 Å². The Morgan fingerprint density at radius 2 is 2.06 bits per heavy atom. The number of hydrogen-bond donors (Lipinski definition) is 1. The highest BCUT2D eigenvalue weighted by atomic mass is 16.4. The highest BCUT2D eigenvalue weighted by Crippen LogP contribution is 2.27. The van der Waals surface area contributed by atoms with E-state index >= 15 is 0 Å². The van der Waals surface area contributed by atoms with E-state index in [1.54, 1.807) is 0 Å². The predicted molar refractivity (Wildman–Crippen MR) is 65.7 cm³/mol. The van der Waals surface area contributed by atoms with Crippen LogP contribution in [-0.4, -0.2) is 34.5 Å². The van der Waals surface area contributed by atoms with Gasteiger partial charge < -0.3 is 10.0 Å². The number of aliphatic carboxylic acids is 1. The molecule has 1 unspecified atom stereocenters. The van der Waals surface area contributed by atoms with Crippen LogP contribution in [0.15, 0.2) is 11.1 Å². The van der Waals surface area contributed by atoms with Gasteiger partial charge in [0.05, 0.1) is 0 Å². The minimum absolute atomic E-state index is 0.0282.